The molecule has 0 bridgehead atoms. The third-order valence-corrected chi connectivity index (χ3v) is 1.49. The SMILES string of the molecule is CC(C)Cc1ccccc1.NC(=O)O. The van der Waals surface area contributed by atoms with Crippen LogP contribution in [0.3, 0.4) is 0 Å². The fraction of sp³-hybridized carbons (Fsp3) is 0.364. The molecule has 0 spiro atoms. The first-order chi connectivity index (χ1) is 6.52. The van der Waals surface area contributed by atoms with Gasteiger partial charge in [-0.2, -0.15) is 0 Å². The lowest BCUT2D eigenvalue weighted by Gasteiger charge is -2.02. The van der Waals surface area contributed by atoms with E-state index in [1.54, 1.807) is 0 Å². The number of nitrogens with two attached hydrogens (primary N) is 1. The number of amides is 1. The van der Waals surface area contributed by atoms with E-state index in [2.05, 4.69) is 49.9 Å². The monoisotopic (exact) mass is 195 g/mol. The van der Waals surface area contributed by atoms with Gasteiger partial charge in [0.15, 0.2) is 0 Å². The van der Waals surface area contributed by atoms with E-state index in [1.165, 1.54) is 12.0 Å². The second-order valence-corrected chi connectivity index (χ2v) is 3.42. The minimum atomic E-state index is -1.33. The molecule has 0 fully saturated rings. The molecule has 0 heterocycles. The summed E-state index contributed by atoms with van der Waals surface area (Å²) in [5.41, 5.74) is 5.47. The molecule has 78 valence electrons. The zero-order valence-corrected chi connectivity index (χ0v) is 8.60. The van der Waals surface area contributed by atoms with Crippen LogP contribution >= 0.6 is 0 Å². The summed E-state index contributed by atoms with van der Waals surface area (Å²) in [6.07, 6.45) is -0.138. The van der Waals surface area contributed by atoms with Gasteiger partial charge in [-0.15, -0.1) is 0 Å². The van der Waals surface area contributed by atoms with Crippen molar-refractivity contribution in [2.45, 2.75) is 20.3 Å². The maximum absolute atomic E-state index is 8.78. The standard InChI is InChI=1S/C10H14.CH3NO2/c1-9(2)8-10-6-4-3-5-7-10;2-1(3)4/h3-7,9H,8H2,1-2H3;2H2,(H,3,4). The van der Waals surface area contributed by atoms with Crippen LogP contribution in [0.15, 0.2) is 30.3 Å². The molecule has 0 aliphatic heterocycles. The van der Waals surface area contributed by atoms with E-state index in [4.69, 9.17) is 9.90 Å². The number of hydrogen-bond acceptors (Lipinski definition) is 1. The lowest BCUT2D eigenvalue weighted by atomic mass is 10.0. The van der Waals surface area contributed by atoms with Crippen LogP contribution in [0.1, 0.15) is 19.4 Å². The van der Waals surface area contributed by atoms with Gasteiger partial charge in [-0.3, -0.25) is 0 Å². The fourth-order valence-corrected chi connectivity index (χ4v) is 1.09. The van der Waals surface area contributed by atoms with Crippen molar-refractivity contribution in [1.29, 1.82) is 0 Å². The summed E-state index contributed by atoms with van der Waals surface area (Å²) in [5.74, 6) is 0.766. The van der Waals surface area contributed by atoms with Gasteiger partial charge < -0.3 is 10.8 Å². The summed E-state index contributed by atoms with van der Waals surface area (Å²) >= 11 is 0. The Hall–Kier alpha value is -1.51. The molecule has 3 heteroatoms. The van der Waals surface area contributed by atoms with Crippen molar-refractivity contribution in [3.8, 4) is 0 Å². The van der Waals surface area contributed by atoms with Crippen molar-refractivity contribution >= 4 is 6.09 Å². The Morgan fingerprint density at radius 2 is 1.79 bits per heavy atom. The molecule has 1 amide bonds. The van der Waals surface area contributed by atoms with Crippen LogP contribution < -0.4 is 5.73 Å². The van der Waals surface area contributed by atoms with E-state index >= 15 is 0 Å². The normalized spacial score (nSPS) is 9.07. The Morgan fingerprint density at radius 3 is 2.14 bits per heavy atom. The van der Waals surface area contributed by atoms with Gasteiger partial charge in [0.05, 0.1) is 0 Å². The number of carboxylic acid groups (broad SMARTS) is 1. The highest BCUT2D eigenvalue weighted by Gasteiger charge is 1.94. The van der Waals surface area contributed by atoms with E-state index in [0.29, 0.717) is 0 Å². The van der Waals surface area contributed by atoms with Gasteiger partial charge in [0.1, 0.15) is 0 Å². The minimum absolute atomic E-state index is 0.766. The van der Waals surface area contributed by atoms with Gasteiger partial charge in [-0.1, -0.05) is 44.2 Å². The van der Waals surface area contributed by atoms with Gasteiger partial charge in [0.25, 0.3) is 0 Å². The average Bonchev–Trinajstić information content (AvgIpc) is 2.03. The number of primary amides is 1. The van der Waals surface area contributed by atoms with E-state index in [1.807, 2.05) is 0 Å². The smallest absolute Gasteiger partial charge is 0.402 e. The van der Waals surface area contributed by atoms with Crippen LogP contribution in [0.25, 0.3) is 0 Å². The van der Waals surface area contributed by atoms with Gasteiger partial charge in [0, 0.05) is 0 Å². The van der Waals surface area contributed by atoms with E-state index in [-0.39, 0.29) is 0 Å². The molecule has 0 aliphatic carbocycles. The minimum Gasteiger partial charge on any atom is -0.465 e. The summed E-state index contributed by atoms with van der Waals surface area (Å²) in [6.45, 7) is 4.49. The Morgan fingerprint density at radius 1 is 1.36 bits per heavy atom. The zero-order chi connectivity index (χ0) is 11.0. The predicted molar refractivity (Wildman–Crippen MR) is 57.2 cm³/mol. The van der Waals surface area contributed by atoms with Crippen LogP contribution in [0.2, 0.25) is 0 Å². The number of benzene rings is 1. The molecule has 0 aliphatic rings. The van der Waals surface area contributed by atoms with Crippen LogP contribution in [0.5, 0.6) is 0 Å². The van der Waals surface area contributed by atoms with Crippen molar-refractivity contribution in [3.63, 3.8) is 0 Å². The molecule has 0 unspecified atom stereocenters. The van der Waals surface area contributed by atoms with E-state index < -0.39 is 6.09 Å². The summed E-state index contributed by atoms with van der Waals surface area (Å²) in [6, 6.07) is 10.6. The molecule has 3 N–H and O–H groups in total. The third-order valence-electron chi connectivity index (χ3n) is 1.49. The van der Waals surface area contributed by atoms with E-state index in [9.17, 15) is 0 Å². The van der Waals surface area contributed by atoms with Crippen LogP contribution in [0, 0.1) is 5.92 Å². The van der Waals surface area contributed by atoms with Gasteiger partial charge >= 0.3 is 6.09 Å². The highest BCUT2D eigenvalue weighted by Crippen LogP contribution is 2.05. The Balaban J connectivity index is 0.000000364. The van der Waals surface area contributed by atoms with Gasteiger partial charge in [-0.25, -0.2) is 4.79 Å². The summed E-state index contributed by atoms with van der Waals surface area (Å²) in [7, 11) is 0. The predicted octanol–water partition coefficient (Wildman–Crippen LogP) is 2.51. The lowest BCUT2D eigenvalue weighted by molar-refractivity contribution is 0.205. The Bertz CT molecular complexity index is 253. The third kappa shape index (κ3) is 8.59. The Kier molecular flexibility index (Phi) is 6.20. The van der Waals surface area contributed by atoms with Gasteiger partial charge in [-0.05, 0) is 17.9 Å². The topological polar surface area (TPSA) is 63.3 Å². The fourth-order valence-electron chi connectivity index (χ4n) is 1.09. The highest BCUT2D eigenvalue weighted by atomic mass is 16.4. The van der Waals surface area contributed by atoms with Crippen molar-refractivity contribution in [2.75, 3.05) is 0 Å². The quantitative estimate of drug-likeness (QED) is 0.761. The molecule has 1 rings (SSSR count). The second-order valence-electron chi connectivity index (χ2n) is 3.42. The molecule has 0 saturated carbocycles. The Labute approximate surface area is 84.6 Å². The first-order valence-corrected chi connectivity index (χ1v) is 4.54. The van der Waals surface area contributed by atoms with Gasteiger partial charge in [0.2, 0.25) is 0 Å². The number of hydrogen-bond donors (Lipinski definition) is 2. The molecule has 1 aromatic rings. The molecule has 0 atom stereocenters. The molecule has 0 radical (unpaired) electrons. The first-order valence-electron chi connectivity index (χ1n) is 4.54. The molecular formula is C11H17NO2. The van der Waals surface area contributed by atoms with Crippen molar-refractivity contribution in [2.24, 2.45) is 11.7 Å². The lowest BCUT2D eigenvalue weighted by Crippen LogP contribution is -2.03. The zero-order valence-electron chi connectivity index (χ0n) is 8.60. The van der Waals surface area contributed by atoms with E-state index in [0.717, 1.165) is 5.92 Å². The number of carbonyl (C=O) groups is 1. The maximum atomic E-state index is 8.78. The molecule has 1 aromatic carbocycles. The first kappa shape index (κ1) is 12.5. The number of rotatable bonds is 2. The van der Waals surface area contributed by atoms with Crippen molar-refractivity contribution in [3.05, 3.63) is 35.9 Å². The van der Waals surface area contributed by atoms with Crippen LogP contribution in [0.4, 0.5) is 4.79 Å². The highest BCUT2D eigenvalue weighted by molar-refractivity contribution is 5.61. The van der Waals surface area contributed by atoms with Crippen LogP contribution in [-0.4, -0.2) is 11.2 Å². The molecule has 0 saturated heterocycles. The summed E-state index contributed by atoms with van der Waals surface area (Å²) in [4.78, 5) is 8.78. The largest absolute Gasteiger partial charge is 0.465 e. The molecule has 3 nitrogen and oxygen atoms in total. The van der Waals surface area contributed by atoms with Crippen molar-refractivity contribution in [1.82, 2.24) is 0 Å². The van der Waals surface area contributed by atoms with Crippen molar-refractivity contribution < 1.29 is 9.90 Å². The molecular weight excluding hydrogens is 178 g/mol. The summed E-state index contributed by atoms with van der Waals surface area (Å²) in [5, 5.41) is 7.19. The maximum Gasteiger partial charge on any atom is 0.402 e. The average molecular weight is 195 g/mol. The molecule has 0 aromatic heterocycles. The van der Waals surface area contributed by atoms with Crippen LogP contribution in [-0.2, 0) is 6.42 Å². The summed E-state index contributed by atoms with van der Waals surface area (Å²) < 4.78 is 0. The second kappa shape index (κ2) is 6.95. The molecule has 14 heavy (non-hydrogen) atoms.